The Balaban J connectivity index is 2.31. The molecule has 0 aliphatic rings. The van der Waals surface area contributed by atoms with Crippen LogP contribution < -0.4 is 5.32 Å². The number of carboxylic acids is 1. The lowest BCUT2D eigenvalue weighted by molar-refractivity contribution is -0.137. The molecule has 0 radical (unpaired) electrons. The van der Waals surface area contributed by atoms with E-state index in [4.69, 9.17) is 5.11 Å². The molecule has 1 rings (SSSR count). The Morgan fingerprint density at radius 1 is 1.29 bits per heavy atom. The third kappa shape index (κ3) is 5.50. The first kappa shape index (κ1) is 13.7. The molecule has 0 fully saturated rings. The smallest absolute Gasteiger partial charge is 0.303 e. The molecular weight excluding hydrogens is 214 g/mol. The first-order valence-corrected chi connectivity index (χ1v) is 6.14. The van der Waals surface area contributed by atoms with Crippen LogP contribution in [0.3, 0.4) is 0 Å². The highest BCUT2D eigenvalue weighted by molar-refractivity contribution is 5.66. The number of hydrogen-bond acceptors (Lipinski definition) is 2. The maximum Gasteiger partial charge on any atom is 0.303 e. The minimum Gasteiger partial charge on any atom is -0.481 e. The molecule has 0 saturated heterocycles. The van der Waals surface area contributed by atoms with Crippen molar-refractivity contribution >= 4 is 5.97 Å². The van der Waals surface area contributed by atoms with Gasteiger partial charge in [-0.2, -0.15) is 0 Å². The number of aliphatic carboxylic acids is 1. The Labute approximate surface area is 103 Å². The van der Waals surface area contributed by atoms with Crippen LogP contribution in [0.2, 0.25) is 0 Å². The molecule has 0 heterocycles. The van der Waals surface area contributed by atoms with E-state index in [0.717, 1.165) is 13.0 Å². The van der Waals surface area contributed by atoms with Gasteiger partial charge in [-0.1, -0.05) is 31.2 Å². The van der Waals surface area contributed by atoms with Gasteiger partial charge in [-0.05, 0) is 30.9 Å². The number of benzene rings is 1. The average molecular weight is 235 g/mol. The molecule has 0 saturated carbocycles. The zero-order valence-corrected chi connectivity index (χ0v) is 10.6. The highest BCUT2D eigenvalue weighted by Crippen LogP contribution is 2.05. The van der Waals surface area contributed by atoms with Crippen molar-refractivity contribution < 1.29 is 9.90 Å². The molecule has 0 aliphatic carbocycles. The molecule has 94 valence electrons. The van der Waals surface area contributed by atoms with Crippen LogP contribution in [-0.4, -0.2) is 17.1 Å². The predicted molar refractivity (Wildman–Crippen MR) is 69.0 cm³/mol. The lowest BCUT2D eigenvalue weighted by Crippen LogP contribution is -2.26. The van der Waals surface area contributed by atoms with Crippen molar-refractivity contribution in [3.8, 4) is 0 Å². The molecule has 1 aromatic carbocycles. The van der Waals surface area contributed by atoms with Gasteiger partial charge in [-0.15, -0.1) is 0 Å². The zero-order valence-electron chi connectivity index (χ0n) is 10.6. The van der Waals surface area contributed by atoms with Crippen molar-refractivity contribution in [2.75, 3.05) is 0 Å². The van der Waals surface area contributed by atoms with E-state index < -0.39 is 5.97 Å². The van der Waals surface area contributed by atoms with E-state index in [1.807, 2.05) is 6.92 Å². The van der Waals surface area contributed by atoms with Crippen molar-refractivity contribution in [1.29, 1.82) is 0 Å². The molecule has 2 N–H and O–H groups in total. The lowest BCUT2D eigenvalue weighted by atomic mass is 10.1. The number of carboxylic acid groups (broad SMARTS) is 1. The second-order valence-corrected chi connectivity index (χ2v) is 4.38. The molecule has 0 aromatic heterocycles. The van der Waals surface area contributed by atoms with Crippen LogP contribution in [0.5, 0.6) is 0 Å². The van der Waals surface area contributed by atoms with Gasteiger partial charge in [0.2, 0.25) is 0 Å². The second kappa shape index (κ2) is 7.07. The molecule has 3 nitrogen and oxygen atoms in total. The molecule has 0 bridgehead atoms. The summed E-state index contributed by atoms with van der Waals surface area (Å²) in [6, 6.07) is 8.75. The van der Waals surface area contributed by atoms with Crippen LogP contribution in [0.25, 0.3) is 0 Å². The summed E-state index contributed by atoms with van der Waals surface area (Å²) in [6.07, 6.45) is 1.95. The second-order valence-electron chi connectivity index (χ2n) is 4.38. The summed E-state index contributed by atoms with van der Waals surface area (Å²) in [5.74, 6) is -0.731. The molecular formula is C14H21NO2. The summed E-state index contributed by atoms with van der Waals surface area (Å²) in [4.78, 5) is 10.4. The van der Waals surface area contributed by atoms with Gasteiger partial charge >= 0.3 is 5.97 Å². The fourth-order valence-corrected chi connectivity index (χ4v) is 1.63. The standard InChI is InChI=1S/C14H21NO2/c1-3-12-5-7-13(8-6-12)10-15-11(2)4-9-14(16)17/h5-8,11,15H,3-4,9-10H2,1-2H3,(H,16,17). The summed E-state index contributed by atoms with van der Waals surface area (Å²) in [5, 5.41) is 11.9. The molecule has 0 aliphatic heterocycles. The fraction of sp³-hybridized carbons (Fsp3) is 0.500. The highest BCUT2D eigenvalue weighted by Gasteiger charge is 2.04. The van der Waals surface area contributed by atoms with E-state index in [1.54, 1.807) is 0 Å². The maximum absolute atomic E-state index is 10.4. The van der Waals surface area contributed by atoms with Gasteiger partial charge in [0.15, 0.2) is 0 Å². The van der Waals surface area contributed by atoms with Crippen molar-refractivity contribution in [3.63, 3.8) is 0 Å². The minimum absolute atomic E-state index is 0.225. The number of nitrogens with one attached hydrogen (secondary N) is 1. The number of aryl methyl sites for hydroxylation is 1. The Kier molecular flexibility index (Phi) is 5.70. The topological polar surface area (TPSA) is 49.3 Å². The number of hydrogen-bond donors (Lipinski definition) is 2. The van der Waals surface area contributed by atoms with Crippen molar-refractivity contribution in [3.05, 3.63) is 35.4 Å². The first-order valence-electron chi connectivity index (χ1n) is 6.14. The van der Waals surface area contributed by atoms with Crippen LogP contribution in [0.15, 0.2) is 24.3 Å². The van der Waals surface area contributed by atoms with E-state index in [0.29, 0.717) is 6.42 Å². The first-order chi connectivity index (χ1) is 8.11. The zero-order chi connectivity index (χ0) is 12.7. The summed E-state index contributed by atoms with van der Waals surface area (Å²) in [5.41, 5.74) is 2.58. The van der Waals surface area contributed by atoms with E-state index in [9.17, 15) is 4.79 Å². The van der Waals surface area contributed by atoms with Crippen LogP contribution >= 0.6 is 0 Å². The van der Waals surface area contributed by atoms with E-state index in [-0.39, 0.29) is 12.5 Å². The summed E-state index contributed by atoms with van der Waals surface area (Å²) in [6.45, 7) is 4.95. The van der Waals surface area contributed by atoms with Crippen LogP contribution in [0.4, 0.5) is 0 Å². The Morgan fingerprint density at radius 2 is 1.88 bits per heavy atom. The number of carbonyl (C=O) groups is 1. The largest absolute Gasteiger partial charge is 0.481 e. The highest BCUT2D eigenvalue weighted by atomic mass is 16.4. The predicted octanol–water partition coefficient (Wildman–Crippen LogP) is 2.59. The summed E-state index contributed by atoms with van der Waals surface area (Å²) >= 11 is 0. The van der Waals surface area contributed by atoms with Gasteiger partial charge in [0.25, 0.3) is 0 Å². The molecule has 1 unspecified atom stereocenters. The van der Waals surface area contributed by atoms with Gasteiger partial charge in [0.05, 0.1) is 0 Å². The summed E-state index contributed by atoms with van der Waals surface area (Å²) in [7, 11) is 0. The Morgan fingerprint density at radius 3 is 2.41 bits per heavy atom. The van der Waals surface area contributed by atoms with Crippen LogP contribution in [-0.2, 0) is 17.8 Å². The minimum atomic E-state index is -0.731. The fourth-order valence-electron chi connectivity index (χ4n) is 1.63. The Hall–Kier alpha value is -1.35. The van der Waals surface area contributed by atoms with Gasteiger partial charge < -0.3 is 10.4 Å². The normalized spacial score (nSPS) is 12.4. The van der Waals surface area contributed by atoms with Gasteiger partial charge in [0.1, 0.15) is 0 Å². The van der Waals surface area contributed by atoms with Crippen molar-refractivity contribution in [2.24, 2.45) is 0 Å². The molecule has 3 heteroatoms. The van der Waals surface area contributed by atoms with Gasteiger partial charge in [-0.25, -0.2) is 0 Å². The van der Waals surface area contributed by atoms with E-state index in [2.05, 4.69) is 36.5 Å². The third-order valence-corrected chi connectivity index (χ3v) is 2.88. The van der Waals surface area contributed by atoms with Gasteiger partial charge in [-0.3, -0.25) is 4.79 Å². The Bertz CT molecular complexity index is 346. The van der Waals surface area contributed by atoms with Gasteiger partial charge in [0, 0.05) is 19.0 Å². The monoisotopic (exact) mass is 235 g/mol. The van der Waals surface area contributed by atoms with Crippen LogP contribution in [0, 0.1) is 0 Å². The molecule has 17 heavy (non-hydrogen) atoms. The SMILES string of the molecule is CCc1ccc(CNC(C)CCC(=O)O)cc1. The van der Waals surface area contributed by atoms with E-state index in [1.165, 1.54) is 11.1 Å². The molecule has 1 aromatic rings. The molecule has 0 amide bonds. The average Bonchev–Trinajstić information content (AvgIpc) is 2.34. The molecule has 1 atom stereocenters. The quantitative estimate of drug-likeness (QED) is 0.763. The number of rotatable bonds is 7. The third-order valence-electron chi connectivity index (χ3n) is 2.88. The van der Waals surface area contributed by atoms with E-state index >= 15 is 0 Å². The van der Waals surface area contributed by atoms with Crippen LogP contribution in [0.1, 0.15) is 37.8 Å². The molecule has 0 spiro atoms. The van der Waals surface area contributed by atoms with Crippen molar-refractivity contribution in [1.82, 2.24) is 5.32 Å². The summed E-state index contributed by atoms with van der Waals surface area (Å²) < 4.78 is 0. The maximum atomic E-state index is 10.4. The lowest BCUT2D eigenvalue weighted by Gasteiger charge is -2.12. The van der Waals surface area contributed by atoms with Crippen molar-refractivity contribution in [2.45, 2.75) is 45.7 Å².